The predicted molar refractivity (Wildman–Crippen MR) is 84.2 cm³/mol. The molecule has 0 amide bonds. The Balaban J connectivity index is 1.69. The lowest BCUT2D eigenvalue weighted by atomic mass is 9.98. The van der Waals surface area contributed by atoms with Gasteiger partial charge in [-0.1, -0.05) is 6.07 Å². The van der Waals surface area contributed by atoms with Crippen LogP contribution in [0.1, 0.15) is 18.5 Å². The SMILES string of the molecule is Cc1cc(-c2cccs2)nc(NCC2CCNCC2)n1. The Morgan fingerprint density at radius 2 is 2.20 bits per heavy atom. The van der Waals surface area contributed by atoms with Gasteiger partial charge in [-0.2, -0.15) is 0 Å². The molecule has 3 heterocycles. The standard InChI is InChI=1S/C15H20N4S/c1-11-9-13(14-3-2-8-20-14)19-15(18-11)17-10-12-4-6-16-7-5-12/h2-3,8-9,12,16H,4-7,10H2,1H3,(H,17,18,19). The highest BCUT2D eigenvalue weighted by atomic mass is 32.1. The number of nitrogens with zero attached hydrogens (tertiary/aromatic N) is 2. The second kappa shape index (κ2) is 6.33. The molecule has 1 fully saturated rings. The first-order valence-corrected chi connectivity index (χ1v) is 8.03. The third-order valence-electron chi connectivity index (χ3n) is 3.64. The van der Waals surface area contributed by atoms with Crippen LogP contribution in [0, 0.1) is 12.8 Å². The number of nitrogens with one attached hydrogen (secondary N) is 2. The van der Waals surface area contributed by atoms with Crippen molar-refractivity contribution < 1.29 is 0 Å². The van der Waals surface area contributed by atoms with Crippen molar-refractivity contribution in [3.05, 3.63) is 29.3 Å². The number of hydrogen-bond acceptors (Lipinski definition) is 5. The van der Waals surface area contributed by atoms with Crippen molar-refractivity contribution in [1.29, 1.82) is 0 Å². The van der Waals surface area contributed by atoms with E-state index in [0.717, 1.165) is 42.9 Å². The molecule has 0 spiro atoms. The maximum absolute atomic E-state index is 4.63. The van der Waals surface area contributed by atoms with Crippen molar-refractivity contribution in [1.82, 2.24) is 15.3 Å². The van der Waals surface area contributed by atoms with Gasteiger partial charge in [-0.05, 0) is 56.3 Å². The number of aromatic nitrogens is 2. The zero-order valence-electron chi connectivity index (χ0n) is 11.7. The van der Waals surface area contributed by atoms with Crippen LogP contribution in [0.4, 0.5) is 5.95 Å². The maximum atomic E-state index is 4.63. The second-order valence-electron chi connectivity index (χ2n) is 5.27. The molecule has 1 aliphatic heterocycles. The Morgan fingerprint density at radius 3 is 2.95 bits per heavy atom. The van der Waals surface area contributed by atoms with Crippen molar-refractivity contribution in [2.75, 3.05) is 25.0 Å². The van der Waals surface area contributed by atoms with Crippen molar-refractivity contribution in [2.45, 2.75) is 19.8 Å². The van der Waals surface area contributed by atoms with Gasteiger partial charge in [0.1, 0.15) is 0 Å². The summed E-state index contributed by atoms with van der Waals surface area (Å²) in [6.45, 7) is 5.24. The van der Waals surface area contributed by atoms with Crippen LogP contribution in [0.3, 0.4) is 0 Å². The number of hydrogen-bond donors (Lipinski definition) is 2. The number of anilines is 1. The monoisotopic (exact) mass is 288 g/mol. The molecule has 4 nitrogen and oxygen atoms in total. The summed E-state index contributed by atoms with van der Waals surface area (Å²) >= 11 is 1.71. The van der Waals surface area contributed by atoms with Crippen LogP contribution in [0.2, 0.25) is 0 Å². The molecule has 0 aliphatic carbocycles. The Bertz CT molecular complexity index is 547. The quantitative estimate of drug-likeness (QED) is 0.908. The highest BCUT2D eigenvalue weighted by Crippen LogP contribution is 2.24. The molecule has 2 aromatic rings. The minimum Gasteiger partial charge on any atom is -0.354 e. The molecule has 1 aliphatic rings. The average molecular weight is 288 g/mol. The third-order valence-corrected chi connectivity index (χ3v) is 4.53. The van der Waals surface area contributed by atoms with E-state index in [9.17, 15) is 0 Å². The van der Waals surface area contributed by atoms with Gasteiger partial charge in [0, 0.05) is 12.2 Å². The fraction of sp³-hybridized carbons (Fsp3) is 0.467. The van der Waals surface area contributed by atoms with E-state index < -0.39 is 0 Å². The zero-order chi connectivity index (χ0) is 13.8. The third kappa shape index (κ3) is 3.35. The molecule has 0 atom stereocenters. The van der Waals surface area contributed by atoms with Gasteiger partial charge >= 0.3 is 0 Å². The van der Waals surface area contributed by atoms with Crippen molar-refractivity contribution in [3.8, 4) is 10.6 Å². The van der Waals surface area contributed by atoms with E-state index in [4.69, 9.17) is 0 Å². The van der Waals surface area contributed by atoms with E-state index in [-0.39, 0.29) is 0 Å². The second-order valence-corrected chi connectivity index (χ2v) is 6.22. The van der Waals surface area contributed by atoms with Gasteiger partial charge in [0.2, 0.25) is 5.95 Å². The number of piperidine rings is 1. The fourth-order valence-electron chi connectivity index (χ4n) is 2.52. The fourth-order valence-corrected chi connectivity index (χ4v) is 3.21. The Hall–Kier alpha value is -1.46. The first kappa shape index (κ1) is 13.5. The molecule has 20 heavy (non-hydrogen) atoms. The molecule has 2 N–H and O–H groups in total. The number of aryl methyl sites for hydroxylation is 1. The number of thiophene rings is 1. The Labute approximate surface area is 123 Å². The smallest absolute Gasteiger partial charge is 0.223 e. The van der Waals surface area contributed by atoms with Crippen LogP contribution in [0.5, 0.6) is 0 Å². The molecular formula is C15H20N4S. The molecule has 2 aromatic heterocycles. The maximum Gasteiger partial charge on any atom is 0.223 e. The first-order valence-electron chi connectivity index (χ1n) is 7.15. The summed E-state index contributed by atoms with van der Waals surface area (Å²) in [6.07, 6.45) is 2.47. The van der Waals surface area contributed by atoms with Gasteiger partial charge in [-0.15, -0.1) is 11.3 Å². The molecule has 5 heteroatoms. The van der Waals surface area contributed by atoms with Crippen molar-refractivity contribution in [3.63, 3.8) is 0 Å². The topological polar surface area (TPSA) is 49.8 Å². The minimum absolute atomic E-state index is 0.727. The van der Waals surface area contributed by atoms with Crippen LogP contribution >= 0.6 is 11.3 Å². The summed E-state index contributed by atoms with van der Waals surface area (Å²) in [5.41, 5.74) is 2.02. The molecule has 0 aromatic carbocycles. The highest BCUT2D eigenvalue weighted by molar-refractivity contribution is 7.13. The first-order chi connectivity index (χ1) is 9.81. The van der Waals surface area contributed by atoms with E-state index >= 15 is 0 Å². The van der Waals surface area contributed by atoms with Gasteiger partial charge in [0.05, 0.1) is 10.6 Å². The van der Waals surface area contributed by atoms with E-state index in [2.05, 4.69) is 38.1 Å². The van der Waals surface area contributed by atoms with E-state index in [1.54, 1.807) is 11.3 Å². The summed E-state index contributed by atoms with van der Waals surface area (Å²) < 4.78 is 0. The summed E-state index contributed by atoms with van der Waals surface area (Å²) in [6, 6.07) is 6.20. The van der Waals surface area contributed by atoms with E-state index in [1.165, 1.54) is 17.7 Å². The van der Waals surface area contributed by atoms with Gasteiger partial charge in [0.15, 0.2) is 0 Å². The van der Waals surface area contributed by atoms with E-state index in [1.807, 2.05) is 13.0 Å². The van der Waals surface area contributed by atoms with Crippen LogP contribution in [0.25, 0.3) is 10.6 Å². The summed E-state index contributed by atoms with van der Waals surface area (Å²) in [4.78, 5) is 10.3. The van der Waals surface area contributed by atoms with Gasteiger partial charge in [-0.3, -0.25) is 0 Å². The summed E-state index contributed by atoms with van der Waals surface area (Å²) in [7, 11) is 0. The van der Waals surface area contributed by atoms with Crippen LogP contribution in [0.15, 0.2) is 23.6 Å². The van der Waals surface area contributed by atoms with E-state index in [0.29, 0.717) is 0 Å². The Morgan fingerprint density at radius 1 is 1.35 bits per heavy atom. The van der Waals surface area contributed by atoms with Gasteiger partial charge < -0.3 is 10.6 Å². The average Bonchev–Trinajstić information content (AvgIpc) is 3.00. The lowest BCUT2D eigenvalue weighted by molar-refractivity contribution is 0.389. The molecule has 1 saturated heterocycles. The van der Waals surface area contributed by atoms with Crippen LogP contribution in [-0.4, -0.2) is 29.6 Å². The molecule has 0 saturated carbocycles. The zero-order valence-corrected chi connectivity index (χ0v) is 12.5. The Kier molecular flexibility index (Phi) is 4.28. The van der Waals surface area contributed by atoms with Gasteiger partial charge in [-0.25, -0.2) is 9.97 Å². The minimum atomic E-state index is 0.727. The van der Waals surface area contributed by atoms with Crippen LogP contribution in [-0.2, 0) is 0 Å². The molecule has 0 radical (unpaired) electrons. The van der Waals surface area contributed by atoms with Crippen LogP contribution < -0.4 is 10.6 Å². The predicted octanol–water partition coefficient (Wildman–Crippen LogP) is 2.93. The highest BCUT2D eigenvalue weighted by Gasteiger charge is 2.13. The molecule has 0 unspecified atom stereocenters. The number of rotatable bonds is 4. The lowest BCUT2D eigenvalue weighted by Gasteiger charge is -2.22. The summed E-state index contributed by atoms with van der Waals surface area (Å²) in [5.74, 6) is 1.48. The molecule has 3 rings (SSSR count). The molecule has 106 valence electrons. The molecule has 0 bridgehead atoms. The van der Waals surface area contributed by atoms with Crippen molar-refractivity contribution in [2.24, 2.45) is 5.92 Å². The lowest BCUT2D eigenvalue weighted by Crippen LogP contribution is -2.31. The van der Waals surface area contributed by atoms with Gasteiger partial charge in [0.25, 0.3) is 0 Å². The summed E-state index contributed by atoms with van der Waals surface area (Å²) in [5, 5.41) is 8.88. The normalized spacial score (nSPS) is 16.2. The largest absolute Gasteiger partial charge is 0.354 e. The molecular weight excluding hydrogens is 268 g/mol. The van der Waals surface area contributed by atoms with Crippen molar-refractivity contribution >= 4 is 17.3 Å².